The first-order chi connectivity index (χ1) is 8.47. The van der Waals surface area contributed by atoms with E-state index in [2.05, 4.69) is 5.32 Å². The molecule has 5 heteroatoms. The lowest BCUT2D eigenvalue weighted by Gasteiger charge is -2.14. The molecule has 0 aliphatic heterocycles. The van der Waals surface area contributed by atoms with Crippen LogP contribution < -0.4 is 16.8 Å². The summed E-state index contributed by atoms with van der Waals surface area (Å²) in [5, 5.41) is 2.72. The average molecular weight is 249 g/mol. The molecule has 1 aromatic rings. The molecule has 0 saturated carbocycles. The SMILES string of the molecule is CCCC(N)C(=O)Nc1cccc(C(N)=O)c1C. The molecule has 2 amide bonds. The summed E-state index contributed by atoms with van der Waals surface area (Å²) < 4.78 is 0. The molecular weight excluding hydrogens is 230 g/mol. The van der Waals surface area contributed by atoms with Crippen LogP contribution in [0.5, 0.6) is 0 Å². The molecule has 0 aliphatic carbocycles. The van der Waals surface area contributed by atoms with Crippen molar-refractivity contribution in [2.24, 2.45) is 11.5 Å². The molecule has 0 aromatic heterocycles. The summed E-state index contributed by atoms with van der Waals surface area (Å²) in [5.41, 5.74) is 12.6. The van der Waals surface area contributed by atoms with Gasteiger partial charge in [0.25, 0.3) is 0 Å². The van der Waals surface area contributed by atoms with Crippen LogP contribution >= 0.6 is 0 Å². The van der Waals surface area contributed by atoms with Crippen molar-refractivity contribution in [2.75, 3.05) is 5.32 Å². The third kappa shape index (κ3) is 3.30. The number of nitrogens with two attached hydrogens (primary N) is 2. The molecule has 1 rings (SSSR count). The molecule has 0 aliphatic rings. The Bertz CT molecular complexity index is 458. The van der Waals surface area contributed by atoms with Gasteiger partial charge in [0.05, 0.1) is 6.04 Å². The fourth-order valence-electron chi connectivity index (χ4n) is 1.71. The van der Waals surface area contributed by atoms with Crippen LogP contribution in [-0.4, -0.2) is 17.9 Å². The molecule has 0 heterocycles. The van der Waals surface area contributed by atoms with Gasteiger partial charge in [0, 0.05) is 11.3 Å². The fourth-order valence-corrected chi connectivity index (χ4v) is 1.71. The third-order valence-corrected chi connectivity index (χ3v) is 2.79. The number of benzene rings is 1. The topological polar surface area (TPSA) is 98.2 Å². The number of nitrogens with one attached hydrogen (secondary N) is 1. The van der Waals surface area contributed by atoms with Crippen molar-refractivity contribution in [3.8, 4) is 0 Å². The summed E-state index contributed by atoms with van der Waals surface area (Å²) in [6.07, 6.45) is 1.47. The van der Waals surface area contributed by atoms with Gasteiger partial charge < -0.3 is 16.8 Å². The van der Waals surface area contributed by atoms with Crippen molar-refractivity contribution in [1.29, 1.82) is 0 Å². The fraction of sp³-hybridized carbons (Fsp3) is 0.385. The number of primary amides is 1. The first-order valence-corrected chi connectivity index (χ1v) is 5.93. The Hall–Kier alpha value is -1.88. The van der Waals surface area contributed by atoms with E-state index < -0.39 is 11.9 Å². The number of hydrogen-bond acceptors (Lipinski definition) is 3. The van der Waals surface area contributed by atoms with Crippen LogP contribution in [0.3, 0.4) is 0 Å². The van der Waals surface area contributed by atoms with E-state index in [1.165, 1.54) is 0 Å². The lowest BCUT2D eigenvalue weighted by Crippen LogP contribution is -2.35. The van der Waals surface area contributed by atoms with Crippen molar-refractivity contribution >= 4 is 17.5 Å². The number of rotatable bonds is 5. The van der Waals surface area contributed by atoms with Crippen molar-refractivity contribution in [3.63, 3.8) is 0 Å². The number of carbonyl (C=O) groups is 2. The predicted molar refractivity (Wildman–Crippen MR) is 71.2 cm³/mol. The highest BCUT2D eigenvalue weighted by atomic mass is 16.2. The molecule has 1 aromatic carbocycles. The van der Waals surface area contributed by atoms with E-state index in [1.54, 1.807) is 25.1 Å². The van der Waals surface area contributed by atoms with Crippen molar-refractivity contribution in [3.05, 3.63) is 29.3 Å². The molecule has 0 fully saturated rings. The van der Waals surface area contributed by atoms with Gasteiger partial charge in [-0.05, 0) is 31.0 Å². The normalized spacial score (nSPS) is 11.9. The quantitative estimate of drug-likeness (QED) is 0.730. The molecule has 18 heavy (non-hydrogen) atoms. The second-order valence-electron chi connectivity index (χ2n) is 4.23. The Morgan fingerprint density at radius 1 is 1.39 bits per heavy atom. The van der Waals surface area contributed by atoms with E-state index in [1.807, 2.05) is 6.92 Å². The number of carbonyl (C=O) groups excluding carboxylic acids is 2. The Morgan fingerprint density at radius 3 is 2.61 bits per heavy atom. The second-order valence-corrected chi connectivity index (χ2v) is 4.23. The maximum atomic E-state index is 11.8. The lowest BCUT2D eigenvalue weighted by atomic mass is 10.1. The average Bonchev–Trinajstić information content (AvgIpc) is 2.31. The number of amides is 2. The minimum absolute atomic E-state index is 0.249. The molecule has 0 saturated heterocycles. The van der Waals surface area contributed by atoms with Gasteiger partial charge in [0.15, 0.2) is 0 Å². The lowest BCUT2D eigenvalue weighted by molar-refractivity contribution is -0.117. The summed E-state index contributed by atoms with van der Waals surface area (Å²) in [6.45, 7) is 3.70. The van der Waals surface area contributed by atoms with Crippen LogP contribution in [0.4, 0.5) is 5.69 Å². The zero-order chi connectivity index (χ0) is 13.7. The van der Waals surface area contributed by atoms with E-state index >= 15 is 0 Å². The Labute approximate surface area is 107 Å². The molecule has 98 valence electrons. The summed E-state index contributed by atoms with van der Waals surface area (Å²) >= 11 is 0. The van der Waals surface area contributed by atoms with Crippen LogP contribution in [0.15, 0.2) is 18.2 Å². The minimum atomic E-state index is -0.536. The summed E-state index contributed by atoms with van der Waals surface area (Å²) in [6, 6.07) is 4.48. The first kappa shape index (κ1) is 14.2. The Balaban J connectivity index is 2.88. The molecular formula is C13H19N3O2. The minimum Gasteiger partial charge on any atom is -0.366 e. The Kier molecular flexibility index (Phi) is 4.85. The number of anilines is 1. The van der Waals surface area contributed by atoms with E-state index in [0.29, 0.717) is 23.2 Å². The van der Waals surface area contributed by atoms with E-state index in [0.717, 1.165) is 6.42 Å². The van der Waals surface area contributed by atoms with Crippen LogP contribution in [0.2, 0.25) is 0 Å². The van der Waals surface area contributed by atoms with Gasteiger partial charge >= 0.3 is 0 Å². The molecule has 1 atom stereocenters. The number of hydrogen-bond donors (Lipinski definition) is 3. The smallest absolute Gasteiger partial charge is 0.249 e. The summed E-state index contributed by atoms with van der Waals surface area (Å²) in [5.74, 6) is -0.761. The van der Waals surface area contributed by atoms with Gasteiger partial charge in [-0.25, -0.2) is 0 Å². The van der Waals surface area contributed by atoms with Crippen molar-refractivity contribution in [2.45, 2.75) is 32.7 Å². The van der Waals surface area contributed by atoms with Crippen molar-refractivity contribution in [1.82, 2.24) is 0 Å². The highest BCUT2D eigenvalue weighted by Gasteiger charge is 2.15. The van der Waals surface area contributed by atoms with Crippen LogP contribution in [-0.2, 0) is 4.79 Å². The maximum absolute atomic E-state index is 11.8. The van der Waals surface area contributed by atoms with Gasteiger partial charge in [0.2, 0.25) is 11.8 Å². The van der Waals surface area contributed by atoms with Crippen LogP contribution in [0.25, 0.3) is 0 Å². The highest BCUT2D eigenvalue weighted by molar-refractivity contribution is 5.99. The first-order valence-electron chi connectivity index (χ1n) is 5.93. The Morgan fingerprint density at radius 2 is 2.06 bits per heavy atom. The van der Waals surface area contributed by atoms with Crippen LogP contribution in [0, 0.1) is 6.92 Å². The van der Waals surface area contributed by atoms with Gasteiger partial charge in [-0.2, -0.15) is 0 Å². The summed E-state index contributed by atoms with van der Waals surface area (Å²) in [7, 11) is 0. The van der Waals surface area contributed by atoms with Crippen molar-refractivity contribution < 1.29 is 9.59 Å². The van der Waals surface area contributed by atoms with Gasteiger partial charge in [-0.3, -0.25) is 9.59 Å². The summed E-state index contributed by atoms with van der Waals surface area (Å²) in [4.78, 5) is 23.0. The molecule has 0 bridgehead atoms. The largest absolute Gasteiger partial charge is 0.366 e. The zero-order valence-corrected chi connectivity index (χ0v) is 10.7. The highest BCUT2D eigenvalue weighted by Crippen LogP contribution is 2.18. The van der Waals surface area contributed by atoms with Crippen LogP contribution in [0.1, 0.15) is 35.7 Å². The van der Waals surface area contributed by atoms with Gasteiger partial charge in [0.1, 0.15) is 0 Å². The van der Waals surface area contributed by atoms with E-state index in [9.17, 15) is 9.59 Å². The molecule has 1 unspecified atom stereocenters. The van der Waals surface area contributed by atoms with E-state index in [4.69, 9.17) is 11.5 Å². The molecule has 0 spiro atoms. The van der Waals surface area contributed by atoms with E-state index in [-0.39, 0.29) is 5.91 Å². The van der Waals surface area contributed by atoms with Gasteiger partial charge in [-0.15, -0.1) is 0 Å². The molecule has 5 N–H and O–H groups in total. The molecule has 5 nitrogen and oxygen atoms in total. The standard InChI is InChI=1S/C13H19N3O2/c1-3-5-10(14)13(18)16-11-7-4-6-9(8(11)2)12(15)17/h4,6-7,10H,3,5,14H2,1-2H3,(H2,15,17)(H,16,18). The zero-order valence-electron chi connectivity index (χ0n) is 10.7. The maximum Gasteiger partial charge on any atom is 0.249 e. The van der Waals surface area contributed by atoms with Gasteiger partial charge in [-0.1, -0.05) is 19.4 Å². The monoisotopic (exact) mass is 249 g/mol. The predicted octanol–water partition coefficient (Wildman–Crippen LogP) is 1.16. The second kappa shape index (κ2) is 6.16. The third-order valence-electron chi connectivity index (χ3n) is 2.79. The molecule has 0 radical (unpaired) electrons.